The van der Waals surface area contributed by atoms with Crippen molar-refractivity contribution < 1.29 is 4.74 Å². The smallest absolute Gasteiger partial charge is 0.0745 e. The average Bonchev–Trinajstić information content (AvgIpc) is 2.77. The van der Waals surface area contributed by atoms with E-state index in [-0.39, 0.29) is 6.04 Å². The van der Waals surface area contributed by atoms with Gasteiger partial charge in [0.15, 0.2) is 0 Å². The molecule has 0 aliphatic rings. The highest BCUT2D eigenvalue weighted by molar-refractivity contribution is 9.11. The lowest BCUT2D eigenvalue weighted by atomic mass is 10.0. The van der Waals surface area contributed by atoms with Gasteiger partial charge in [-0.3, -0.25) is 4.68 Å². The van der Waals surface area contributed by atoms with Crippen molar-refractivity contribution in [3.8, 4) is 0 Å². The molecule has 0 saturated heterocycles. The van der Waals surface area contributed by atoms with Gasteiger partial charge in [0.2, 0.25) is 0 Å². The summed E-state index contributed by atoms with van der Waals surface area (Å²) in [5.41, 5.74) is 8.35. The first-order valence-corrected chi connectivity index (χ1v) is 8.33. The summed E-state index contributed by atoms with van der Waals surface area (Å²) in [5, 5.41) is 4.33. The van der Waals surface area contributed by atoms with Crippen LogP contribution in [0.25, 0.3) is 0 Å². The lowest BCUT2D eigenvalue weighted by molar-refractivity contribution is 0.182. The normalized spacial score (nSPS) is 12.7. The molecule has 0 radical (unpaired) electrons. The molecule has 0 amide bonds. The van der Waals surface area contributed by atoms with Crippen LogP contribution in [0.5, 0.6) is 0 Å². The molecule has 2 N–H and O–H groups in total. The van der Waals surface area contributed by atoms with Gasteiger partial charge in [-0.1, -0.05) is 37.9 Å². The molecule has 7 heteroatoms. The summed E-state index contributed by atoms with van der Waals surface area (Å²) >= 11 is 10.5. The second-order valence-electron chi connectivity index (χ2n) is 4.24. The number of aromatic nitrogens is 2. The fourth-order valence-corrected chi connectivity index (χ4v) is 3.77. The Bertz CT molecular complexity index is 601. The number of ether oxygens (including phenoxy) is 1. The van der Waals surface area contributed by atoms with Crippen LogP contribution in [-0.2, 0) is 11.3 Å². The maximum absolute atomic E-state index is 6.41. The van der Waals surface area contributed by atoms with Crippen LogP contribution in [0.2, 0.25) is 0 Å². The summed E-state index contributed by atoms with van der Waals surface area (Å²) in [6, 6.07) is 5.69. The van der Waals surface area contributed by atoms with E-state index in [1.165, 1.54) is 0 Å². The number of benzene rings is 1. The van der Waals surface area contributed by atoms with Gasteiger partial charge in [0.25, 0.3) is 0 Å². The monoisotopic (exact) mass is 465 g/mol. The largest absolute Gasteiger partial charge is 0.383 e. The van der Waals surface area contributed by atoms with Gasteiger partial charge >= 0.3 is 0 Å². The summed E-state index contributed by atoms with van der Waals surface area (Å²) in [7, 11) is 1.67. The predicted molar refractivity (Wildman–Crippen MR) is 89.7 cm³/mol. The third kappa shape index (κ3) is 3.51. The van der Waals surface area contributed by atoms with Gasteiger partial charge in [-0.05, 0) is 33.6 Å². The molecule has 1 heterocycles. The molecule has 20 heavy (non-hydrogen) atoms. The number of halogens is 3. The Balaban J connectivity index is 2.37. The third-order valence-electron chi connectivity index (χ3n) is 2.93. The van der Waals surface area contributed by atoms with Crippen LogP contribution in [0.15, 0.2) is 37.8 Å². The molecular formula is C13H14Br3N3O. The Morgan fingerprint density at radius 1 is 1.30 bits per heavy atom. The molecule has 2 rings (SSSR count). The van der Waals surface area contributed by atoms with E-state index in [4.69, 9.17) is 10.5 Å². The van der Waals surface area contributed by atoms with Crippen molar-refractivity contribution in [3.05, 3.63) is 49.1 Å². The molecule has 0 saturated carbocycles. The van der Waals surface area contributed by atoms with Crippen molar-refractivity contribution in [2.45, 2.75) is 12.6 Å². The van der Waals surface area contributed by atoms with Gasteiger partial charge < -0.3 is 10.5 Å². The SMILES string of the molecule is COCCn1ncc(Br)c1C(N)c1ccc(Br)cc1Br. The highest BCUT2D eigenvalue weighted by atomic mass is 79.9. The predicted octanol–water partition coefficient (Wildman–Crippen LogP) is 3.87. The van der Waals surface area contributed by atoms with Gasteiger partial charge in [-0.25, -0.2) is 0 Å². The van der Waals surface area contributed by atoms with Crippen LogP contribution < -0.4 is 5.73 Å². The van der Waals surface area contributed by atoms with Crippen LogP contribution in [0.3, 0.4) is 0 Å². The Morgan fingerprint density at radius 3 is 2.70 bits per heavy atom. The van der Waals surface area contributed by atoms with Crippen molar-refractivity contribution in [2.75, 3.05) is 13.7 Å². The van der Waals surface area contributed by atoms with E-state index >= 15 is 0 Å². The van der Waals surface area contributed by atoms with Crippen molar-refractivity contribution in [3.63, 3.8) is 0 Å². The van der Waals surface area contributed by atoms with Crippen molar-refractivity contribution in [1.82, 2.24) is 9.78 Å². The quantitative estimate of drug-likeness (QED) is 0.726. The lowest BCUT2D eigenvalue weighted by Gasteiger charge is -2.17. The fourth-order valence-electron chi connectivity index (χ4n) is 1.94. The zero-order chi connectivity index (χ0) is 14.7. The van der Waals surface area contributed by atoms with Crippen LogP contribution >= 0.6 is 47.8 Å². The average molecular weight is 468 g/mol. The van der Waals surface area contributed by atoms with E-state index < -0.39 is 0 Å². The minimum atomic E-state index is -0.272. The highest BCUT2D eigenvalue weighted by Crippen LogP contribution is 2.32. The van der Waals surface area contributed by atoms with E-state index in [2.05, 4.69) is 52.9 Å². The van der Waals surface area contributed by atoms with Crippen molar-refractivity contribution in [2.24, 2.45) is 5.73 Å². The first-order chi connectivity index (χ1) is 9.54. The molecule has 0 aliphatic carbocycles. The topological polar surface area (TPSA) is 53.1 Å². The van der Waals surface area contributed by atoms with Gasteiger partial charge in [0.1, 0.15) is 0 Å². The molecule has 2 aromatic rings. The minimum Gasteiger partial charge on any atom is -0.383 e. The molecule has 0 fully saturated rings. The number of rotatable bonds is 5. The Kier molecular flexibility index (Phi) is 5.80. The van der Waals surface area contributed by atoms with Crippen LogP contribution in [-0.4, -0.2) is 23.5 Å². The summed E-state index contributed by atoms with van der Waals surface area (Å²) in [6.45, 7) is 1.26. The number of hydrogen-bond donors (Lipinski definition) is 1. The highest BCUT2D eigenvalue weighted by Gasteiger charge is 2.20. The minimum absolute atomic E-state index is 0.272. The summed E-state index contributed by atoms with van der Waals surface area (Å²) in [5.74, 6) is 0. The number of nitrogens with two attached hydrogens (primary N) is 1. The van der Waals surface area contributed by atoms with E-state index in [1.807, 2.05) is 22.9 Å². The lowest BCUT2D eigenvalue weighted by Crippen LogP contribution is -2.20. The Morgan fingerprint density at radius 2 is 2.05 bits per heavy atom. The number of nitrogens with zero attached hydrogens (tertiary/aromatic N) is 2. The van der Waals surface area contributed by atoms with E-state index in [1.54, 1.807) is 13.3 Å². The van der Waals surface area contributed by atoms with Gasteiger partial charge in [0, 0.05) is 16.1 Å². The van der Waals surface area contributed by atoms with Gasteiger partial charge in [-0.2, -0.15) is 5.10 Å². The summed E-state index contributed by atoms with van der Waals surface area (Å²) < 4.78 is 9.84. The molecule has 0 aliphatic heterocycles. The van der Waals surface area contributed by atoms with Crippen LogP contribution in [0, 0.1) is 0 Å². The second kappa shape index (κ2) is 7.17. The molecular weight excluding hydrogens is 454 g/mol. The molecule has 0 spiro atoms. The number of methoxy groups -OCH3 is 1. The third-order valence-corrected chi connectivity index (χ3v) is 4.72. The fraction of sp³-hybridized carbons (Fsp3) is 0.308. The zero-order valence-corrected chi connectivity index (χ0v) is 15.6. The zero-order valence-electron chi connectivity index (χ0n) is 10.8. The first kappa shape index (κ1) is 16.2. The van der Waals surface area contributed by atoms with Gasteiger partial charge in [0.05, 0.1) is 35.6 Å². The standard InChI is InChI=1S/C13H14Br3N3O/c1-20-5-4-19-13(11(16)7-18-19)12(17)9-3-2-8(14)6-10(9)15/h2-3,6-7,12H,4-5,17H2,1H3. The Labute approximate surface area is 143 Å². The maximum atomic E-state index is 6.41. The van der Waals surface area contributed by atoms with E-state index in [0.29, 0.717) is 13.2 Å². The van der Waals surface area contributed by atoms with Crippen molar-refractivity contribution in [1.29, 1.82) is 0 Å². The maximum Gasteiger partial charge on any atom is 0.0745 e. The second-order valence-corrected chi connectivity index (χ2v) is 6.86. The van der Waals surface area contributed by atoms with E-state index in [9.17, 15) is 0 Å². The first-order valence-electron chi connectivity index (χ1n) is 5.95. The van der Waals surface area contributed by atoms with E-state index in [0.717, 1.165) is 24.7 Å². The Hall–Kier alpha value is -0.210. The summed E-state index contributed by atoms with van der Waals surface area (Å²) in [6.07, 6.45) is 1.76. The molecule has 0 bridgehead atoms. The molecule has 108 valence electrons. The van der Waals surface area contributed by atoms with Crippen LogP contribution in [0.1, 0.15) is 17.3 Å². The van der Waals surface area contributed by atoms with Crippen molar-refractivity contribution >= 4 is 47.8 Å². The van der Waals surface area contributed by atoms with Gasteiger partial charge in [-0.15, -0.1) is 0 Å². The molecule has 1 aromatic carbocycles. The number of hydrogen-bond acceptors (Lipinski definition) is 3. The molecule has 1 aromatic heterocycles. The summed E-state index contributed by atoms with van der Waals surface area (Å²) in [4.78, 5) is 0. The molecule has 1 atom stereocenters. The molecule has 1 unspecified atom stereocenters. The van der Waals surface area contributed by atoms with Crippen LogP contribution in [0.4, 0.5) is 0 Å². The molecule has 4 nitrogen and oxygen atoms in total.